The Hall–Kier alpha value is -2.94. The zero-order valence-electron chi connectivity index (χ0n) is 18.3. The molecule has 7 nitrogen and oxygen atoms in total. The van der Waals surface area contributed by atoms with Crippen molar-refractivity contribution in [2.75, 3.05) is 13.3 Å². The van der Waals surface area contributed by atoms with Crippen LogP contribution in [-0.2, 0) is 11.3 Å². The van der Waals surface area contributed by atoms with Crippen molar-refractivity contribution in [1.29, 1.82) is 5.41 Å². The first kappa shape index (κ1) is 22.7. The highest BCUT2D eigenvalue weighted by molar-refractivity contribution is 6.76. The number of imidazole rings is 1. The van der Waals surface area contributed by atoms with Crippen LogP contribution >= 0.6 is 0 Å². The predicted octanol–water partition coefficient (Wildman–Crippen LogP) is 4.51. The van der Waals surface area contributed by atoms with Crippen LogP contribution in [0.25, 0.3) is 11.3 Å². The minimum atomic E-state index is -1.10. The van der Waals surface area contributed by atoms with Crippen LogP contribution < -0.4 is 10.1 Å². The second kappa shape index (κ2) is 10.4. The molecule has 1 aromatic carbocycles. The van der Waals surface area contributed by atoms with E-state index in [-0.39, 0.29) is 6.61 Å². The molecule has 0 saturated heterocycles. The highest BCUT2D eigenvalue weighted by Crippen LogP contribution is 2.24. The molecule has 2 aromatic heterocycles. The molecule has 0 spiro atoms. The molecule has 31 heavy (non-hydrogen) atoms. The number of hydrogen-bond donors (Lipinski definition) is 3. The van der Waals surface area contributed by atoms with Crippen LogP contribution in [0.4, 0.5) is 0 Å². The van der Waals surface area contributed by atoms with E-state index in [0.717, 1.165) is 29.6 Å². The van der Waals surface area contributed by atoms with E-state index in [1.165, 1.54) is 6.21 Å². The zero-order chi connectivity index (χ0) is 22.3. The molecule has 3 rings (SSSR count). The maximum atomic E-state index is 9.23. The number of benzene rings is 1. The lowest BCUT2D eigenvalue weighted by molar-refractivity contribution is 0.139. The van der Waals surface area contributed by atoms with Crippen molar-refractivity contribution >= 4 is 25.6 Å². The molecule has 0 unspecified atom stereocenters. The van der Waals surface area contributed by atoms with E-state index in [4.69, 9.17) is 14.9 Å². The number of ether oxygens (including phenoxy) is 2. The van der Waals surface area contributed by atoms with E-state index in [1.54, 1.807) is 12.3 Å². The van der Waals surface area contributed by atoms with Crippen LogP contribution in [0.15, 0.2) is 54.9 Å². The summed E-state index contributed by atoms with van der Waals surface area (Å²) in [4.78, 5) is 4.29. The molecule has 0 fully saturated rings. The monoisotopic (exact) mass is 438 g/mol. The van der Waals surface area contributed by atoms with Gasteiger partial charge < -0.3 is 29.7 Å². The first-order valence-corrected chi connectivity index (χ1v) is 14.0. The number of aliphatic hydroxyl groups is 1. The summed E-state index contributed by atoms with van der Waals surface area (Å²) in [6.45, 7) is 8.04. The summed E-state index contributed by atoms with van der Waals surface area (Å²) in [7, 11) is -1.10. The number of aromatic nitrogens is 2. The van der Waals surface area contributed by atoms with Gasteiger partial charge in [-0.2, -0.15) is 0 Å². The lowest BCUT2D eigenvalue weighted by Crippen LogP contribution is -2.24. The number of pyridine rings is 1. The van der Waals surface area contributed by atoms with Crippen molar-refractivity contribution in [3.05, 3.63) is 66.1 Å². The molecule has 0 atom stereocenters. The predicted molar refractivity (Wildman–Crippen MR) is 126 cm³/mol. The zero-order valence-corrected chi connectivity index (χ0v) is 19.3. The molecule has 0 radical (unpaired) electrons. The van der Waals surface area contributed by atoms with Crippen molar-refractivity contribution < 1.29 is 14.6 Å². The molecule has 164 valence electrons. The van der Waals surface area contributed by atoms with Gasteiger partial charge in [0.05, 0.1) is 18.5 Å². The Morgan fingerprint density at radius 2 is 1.87 bits per heavy atom. The van der Waals surface area contributed by atoms with Gasteiger partial charge in [0.1, 0.15) is 23.9 Å². The third kappa shape index (κ3) is 6.78. The molecular formula is C23H30N4O3Si. The standard InChI is InChI=1S/C23H30N4O3Si/c1-31(2,3)13-12-29-17-25-22(10-11-24)18-4-6-20(7-5-18)30-21-8-9-23-26-19(16-28)14-27(23)15-21/h4-11,14-15,24-25,28H,12-13,16-17H2,1-3H3/b22-10-,24-11?. The molecule has 8 heteroatoms. The third-order valence-electron chi connectivity index (χ3n) is 4.65. The van der Waals surface area contributed by atoms with Crippen LogP contribution in [0.2, 0.25) is 25.7 Å². The quantitative estimate of drug-likeness (QED) is 0.177. The Kier molecular flexibility index (Phi) is 7.62. The van der Waals surface area contributed by atoms with Crippen LogP contribution in [-0.4, -0.2) is 42.1 Å². The summed E-state index contributed by atoms with van der Waals surface area (Å²) in [5.41, 5.74) is 3.14. The van der Waals surface area contributed by atoms with Gasteiger partial charge in [-0.15, -0.1) is 0 Å². The highest BCUT2D eigenvalue weighted by Gasteiger charge is 2.12. The number of aliphatic hydroxyl groups excluding tert-OH is 1. The molecular weight excluding hydrogens is 408 g/mol. The van der Waals surface area contributed by atoms with E-state index >= 15 is 0 Å². The van der Waals surface area contributed by atoms with Gasteiger partial charge in [-0.25, -0.2) is 4.98 Å². The molecule has 2 heterocycles. The summed E-state index contributed by atoms with van der Waals surface area (Å²) in [5, 5.41) is 19.9. The molecule has 0 amide bonds. The van der Waals surface area contributed by atoms with Gasteiger partial charge in [0.25, 0.3) is 0 Å². The van der Waals surface area contributed by atoms with E-state index in [9.17, 15) is 5.11 Å². The van der Waals surface area contributed by atoms with Crippen LogP contribution in [0.5, 0.6) is 11.5 Å². The molecule has 3 aromatic rings. The lowest BCUT2D eigenvalue weighted by atomic mass is 10.1. The van der Waals surface area contributed by atoms with E-state index in [0.29, 0.717) is 23.9 Å². The highest BCUT2D eigenvalue weighted by atomic mass is 28.3. The third-order valence-corrected chi connectivity index (χ3v) is 6.35. The van der Waals surface area contributed by atoms with E-state index < -0.39 is 8.07 Å². The van der Waals surface area contributed by atoms with Gasteiger partial charge in [-0.05, 0) is 54.1 Å². The van der Waals surface area contributed by atoms with Crippen LogP contribution in [0, 0.1) is 5.41 Å². The molecule has 0 aliphatic rings. The molecule has 0 aliphatic heterocycles. The SMILES string of the molecule is C[Si](C)(C)CCOCN/C(=C\C=N)c1ccc(Oc2ccc3nc(CO)cn3c2)cc1. The number of allylic oxidation sites excluding steroid dienone is 1. The smallest absolute Gasteiger partial charge is 0.144 e. The Labute approximate surface area is 183 Å². The minimum Gasteiger partial charge on any atom is -0.456 e. The second-order valence-corrected chi connectivity index (χ2v) is 14.1. The van der Waals surface area contributed by atoms with Gasteiger partial charge in [-0.3, -0.25) is 0 Å². The fourth-order valence-electron chi connectivity index (χ4n) is 2.92. The van der Waals surface area contributed by atoms with Crippen molar-refractivity contribution in [2.24, 2.45) is 0 Å². The average Bonchev–Trinajstić information content (AvgIpc) is 3.15. The number of nitrogens with zero attached hydrogens (tertiary/aromatic N) is 2. The fraction of sp³-hybridized carbons (Fsp3) is 0.304. The van der Waals surface area contributed by atoms with Gasteiger partial charge in [0.2, 0.25) is 0 Å². The average molecular weight is 439 g/mol. The van der Waals surface area contributed by atoms with Gasteiger partial charge in [0, 0.05) is 32.8 Å². The summed E-state index contributed by atoms with van der Waals surface area (Å²) in [6, 6.07) is 12.5. The number of hydrogen-bond acceptors (Lipinski definition) is 6. The normalized spacial score (nSPS) is 12.2. The molecule has 0 aliphatic carbocycles. The van der Waals surface area contributed by atoms with Gasteiger partial charge in [-0.1, -0.05) is 19.6 Å². The van der Waals surface area contributed by atoms with E-state index in [1.807, 2.05) is 47.0 Å². The molecule has 3 N–H and O–H groups in total. The van der Waals surface area contributed by atoms with Crippen molar-refractivity contribution in [3.63, 3.8) is 0 Å². The van der Waals surface area contributed by atoms with Gasteiger partial charge >= 0.3 is 0 Å². The number of rotatable bonds is 11. The first-order chi connectivity index (χ1) is 14.9. The van der Waals surface area contributed by atoms with Crippen molar-refractivity contribution in [1.82, 2.24) is 14.7 Å². The largest absolute Gasteiger partial charge is 0.456 e. The Balaban J connectivity index is 1.60. The summed E-state index contributed by atoms with van der Waals surface area (Å²) < 4.78 is 13.5. The van der Waals surface area contributed by atoms with Crippen LogP contribution in [0.3, 0.4) is 0 Å². The second-order valence-electron chi connectivity index (χ2n) is 8.43. The maximum Gasteiger partial charge on any atom is 0.144 e. The van der Waals surface area contributed by atoms with Gasteiger partial charge in [0.15, 0.2) is 0 Å². The number of fused-ring (bicyclic) bond motifs is 1. The number of nitrogens with one attached hydrogen (secondary N) is 2. The maximum absolute atomic E-state index is 9.23. The Morgan fingerprint density at radius 3 is 2.55 bits per heavy atom. The van der Waals surface area contributed by atoms with Crippen LogP contribution in [0.1, 0.15) is 11.3 Å². The van der Waals surface area contributed by atoms with E-state index in [2.05, 4.69) is 29.9 Å². The Bertz CT molecular complexity index is 1040. The summed E-state index contributed by atoms with van der Waals surface area (Å²) in [6.07, 6.45) is 6.57. The Morgan fingerprint density at radius 1 is 1.13 bits per heavy atom. The van der Waals surface area contributed by atoms with Crippen molar-refractivity contribution in [3.8, 4) is 11.5 Å². The fourth-order valence-corrected chi connectivity index (χ4v) is 3.68. The van der Waals surface area contributed by atoms with Crippen molar-refractivity contribution in [2.45, 2.75) is 32.3 Å². The molecule has 0 saturated carbocycles. The topological polar surface area (TPSA) is 91.9 Å². The summed E-state index contributed by atoms with van der Waals surface area (Å²) >= 11 is 0. The summed E-state index contributed by atoms with van der Waals surface area (Å²) in [5.74, 6) is 1.37. The lowest BCUT2D eigenvalue weighted by Gasteiger charge is -2.16. The first-order valence-electron chi connectivity index (χ1n) is 10.3. The minimum absolute atomic E-state index is 0.0949. The molecule has 0 bridgehead atoms.